The second kappa shape index (κ2) is 5.36. The molecule has 4 heteroatoms. The Bertz CT molecular complexity index is 376. The van der Waals surface area contributed by atoms with Crippen LogP contribution in [0, 0.1) is 5.82 Å². The highest BCUT2D eigenvalue weighted by molar-refractivity contribution is 5.51. The third-order valence-corrected chi connectivity index (χ3v) is 3.32. The Hall–Kier alpha value is -1.29. The van der Waals surface area contributed by atoms with Crippen LogP contribution in [0.4, 0.5) is 10.1 Å². The summed E-state index contributed by atoms with van der Waals surface area (Å²) < 4.78 is 18.3. The molecule has 0 saturated carbocycles. The molecule has 17 heavy (non-hydrogen) atoms. The second-order valence-corrected chi connectivity index (χ2v) is 4.24. The van der Waals surface area contributed by atoms with Gasteiger partial charge in [-0.3, -0.25) is 0 Å². The highest BCUT2D eigenvalue weighted by atomic mass is 19.1. The van der Waals surface area contributed by atoms with Gasteiger partial charge in [-0.1, -0.05) is 6.92 Å². The van der Waals surface area contributed by atoms with E-state index in [4.69, 9.17) is 4.74 Å². The molecule has 0 bridgehead atoms. The number of benzene rings is 1. The first-order chi connectivity index (χ1) is 8.24. The number of piperazine rings is 1. The van der Waals surface area contributed by atoms with Crippen LogP contribution in [0.2, 0.25) is 0 Å². The van der Waals surface area contributed by atoms with Crippen LogP contribution in [0.3, 0.4) is 0 Å². The Labute approximate surface area is 102 Å². The summed E-state index contributed by atoms with van der Waals surface area (Å²) in [6.45, 7) is 7.38. The Morgan fingerprint density at radius 1 is 1.24 bits per heavy atom. The van der Waals surface area contributed by atoms with E-state index in [0.29, 0.717) is 5.75 Å². The zero-order valence-corrected chi connectivity index (χ0v) is 10.4. The summed E-state index contributed by atoms with van der Waals surface area (Å²) in [6, 6.07) is 5.07. The van der Waals surface area contributed by atoms with Crippen molar-refractivity contribution in [3.63, 3.8) is 0 Å². The number of anilines is 1. The van der Waals surface area contributed by atoms with Crippen molar-refractivity contribution in [2.75, 3.05) is 44.7 Å². The van der Waals surface area contributed by atoms with E-state index in [0.717, 1.165) is 38.4 Å². The van der Waals surface area contributed by atoms with Crippen molar-refractivity contribution >= 4 is 5.69 Å². The first-order valence-corrected chi connectivity index (χ1v) is 6.05. The van der Waals surface area contributed by atoms with Crippen molar-refractivity contribution in [3.8, 4) is 5.75 Å². The van der Waals surface area contributed by atoms with Crippen LogP contribution in [0.5, 0.6) is 5.75 Å². The number of halogens is 1. The van der Waals surface area contributed by atoms with Gasteiger partial charge in [0, 0.05) is 37.9 Å². The van der Waals surface area contributed by atoms with Crippen LogP contribution >= 0.6 is 0 Å². The Morgan fingerprint density at radius 3 is 2.53 bits per heavy atom. The van der Waals surface area contributed by atoms with Crippen LogP contribution < -0.4 is 9.64 Å². The molecule has 1 aromatic rings. The molecule has 0 N–H and O–H groups in total. The fraction of sp³-hybridized carbons (Fsp3) is 0.538. The van der Waals surface area contributed by atoms with E-state index < -0.39 is 0 Å². The zero-order valence-electron chi connectivity index (χ0n) is 10.4. The molecule has 0 aliphatic carbocycles. The number of nitrogens with zero attached hydrogens (tertiary/aromatic N) is 2. The van der Waals surface area contributed by atoms with E-state index in [9.17, 15) is 4.39 Å². The molecule has 2 rings (SSSR count). The summed E-state index contributed by atoms with van der Waals surface area (Å²) in [7, 11) is 1.50. The zero-order chi connectivity index (χ0) is 12.3. The molecule has 0 unspecified atom stereocenters. The van der Waals surface area contributed by atoms with Gasteiger partial charge in [0.1, 0.15) is 0 Å². The minimum absolute atomic E-state index is 0.302. The summed E-state index contributed by atoms with van der Waals surface area (Å²) in [6.07, 6.45) is 0. The molecule has 0 radical (unpaired) electrons. The predicted molar refractivity (Wildman–Crippen MR) is 67.3 cm³/mol. The monoisotopic (exact) mass is 238 g/mol. The van der Waals surface area contributed by atoms with Crippen LogP contribution in [-0.4, -0.2) is 44.7 Å². The van der Waals surface area contributed by atoms with Gasteiger partial charge in [-0.15, -0.1) is 0 Å². The average molecular weight is 238 g/mol. The number of ether oxygens (including phenoxy) is 1. The number of hydrogen-bond donors (Lipinski definition) is 0. The van der Waals surface area contributed by atoms with Gasteiger partial charge in [0.25, 0.3) is 0 Å². The predicted octanol–water partition coefficient (Wildman–Crippen LogP) is 1.98. The van der Waals surface area contributed by atoms with Gasteiger partial charge < -0.3 is 14.5 Å². The molecule has 1 heterocycles. The van der Waals surface area contributed by atoms with E-state index in [-0.39, 0.29) is 5.82 Å². The minimum Gasteiger partial charge on any atom is -0.494 e. The van der Waals surface area contributed by atoms with Gasteiger partial charge in [-0.05, 0) is 18.7 Å². The lowest BCUT2D eigenvalue weighted by molar-refractivity contribution is 0.271. The molecule has 1 saturated heterocycles. The number of methoxy groups -OCH3 is 1. The van der Waals surface area contributed by atoms with Crippen LogP contribution in [0.1, 0.15) is 6.92 Å². The molecule has 0 amide bonds. The summed E-state index contributed by atoms with van der Waals surface area (Å²) in [4.78, 5) is 4.69. The molecule has 94 valence electrons. The van der Waals surface area contributed by atoms with Gasteiger partial charge in [0.05, 0.1) is 7.11 Å². The topological polar surface area (TPSA) is 15.7 Å². The van der Waals surface area contributed by atoms with Crippen LogP contribution in [0.25, 0.3) is 0 Å². The fourth-order valence-corrected chi connectivity index (χ4v) is 2.17. The van der Waals surface area contributed by atoms with Crippen molar-refractivity contribution in [2.45, 2.75) is 6.92 Å². The first kappa shape index (κ1) is 12.2. The standard InChI is InChI=1S/C13H19FN2O/c1-3-15-6-8-16(9-7-15)11-4-5-12(14)13(10-11)17-2/h4-5,10H,3,6-9H2,1-2H3. The van der Waals surface area contributed by atoms with Gasteiger partial charge in [-0.2, -0.15) is 0 Å². The summed E-state index contributed by atoms with van der Waals surface area (Å²) in [5, 5.41) is 0. The largest absolute Gasteiger partial charge is 0.494 e. The van der Waals surface area contributed by atoms with E-state index in [1.54, 1.807) is 6.07 Å². The lowest BCUT2D eigenvalue weighted by Crippen LogP contribution is -2.46. The summed E-state index contributed by atoms with van der Waals surface area (Å²) in [5.41, 5.74) is 1.04. The SMILES string of the molecule is CCN1CCN(c2ccc(F)c(OC)c2)CC1. The Morgan fingerprint density at radius 2 is 1.94 bits per heavy atom. The normalized spacial score (nSPS) is 17.2. The molecular weight excluding hydrogens is 219 g/mol. The summed E-state index contributed by atoms with van der Waals surface area (Å²) >= 11 is 0. The smallest absolute Gasteiger partial charge is 0.165 e. The third kappa shape index (κ3) is 2.69. The molecule has 0 atom stereocenters. The third-order valence-electron chi connectivity index (χ3n) is 3.32. The fourth-order valence-electron chi connectivity index (χ4n) is 2.17. The molecular formula is C13H19FN2O. The van der Waals surface area contributed by atoms with Crippen molar-refractivity contribution in [1.29, 1.82) is 0 Å². The average Bonchev–Trinajstić information content (AvgIpc) is 2.39. The maximum absolute atomic E-state index is 13.3. The molecule has 0 spiro atoms. The van der Waals surface area contributed by atoms with Crippen LogP contribution in [0.15, 0.2) is 18.2 Å². The van der Waals surface area contributed by atoms with E-state index in [1.165, 1.54) is 13.2 Å². The van der Waals surface area contributed by atoms with Crippen LogP contribution in [-0.2, 0) is 0 Å². The van der Waals surface area contributed by atoms with Crippen molar-refractivity contribution < 1.29 is 9.13 Å². The van der Waals surface area contributed by atoms with Crippen molar-refractivity contribution in [1.82, 2.24) is 4.90 Å². The van der Waals surface area contributed by atoms with E-state index in [1.807, 2.05) is 6.07 Å². The van der Waals surface area contributed by atoms with Gasteiger partial charge in [-0.25, -0.2) is 4.39 Å². The molecule has 1 fully saturated rings. The van der Waals surface area contributed by atoms with Crippen molar-refractivity contribution in [2.24, 2.45) is 0 Å². The number of likely N-dealkylation sites (N-methyl/N-ethyl adjacent to an activating group) is 1. The highest BCUT2D eigenvalue weighted by Crippen LogP contribution is 2.25. The molecule has 1 aliphatic heterocycles. The number of hydrogen-bond acceptors (Lipinski definition) is 3. The lowest BCUT2D eigenvalue weighted by atomic mass is 10.2. The molecule has 1 aliphatic rings. The van der Waals surface area contributed by atoms with Gasteiger partial charge in [0.15, 0.2) is 11.6 Å². The Balaban J connectivity index is 2.08. The quantitative estimate of drug-likeness (QED) is 0.801. The van der Waals surface area contributed by atoms with E-state index >= 15 is 0 Å². The highest BCUT2D eigenvalue weighted by Gasteiger charge is 2.16. The first-order valence-electron chi connectivity index (χ1n) is 6.05. The van der Waals surface area contributed by atoms with Crippen molar-refractivity contribution in [3.05, 3.63) is 24.0 Å². The summed E-state index contributed by atoms with van der Waals surface area (Å²) in [5.74, 6) is 0.0175. The second-order valence-electron chi connectivity index (χ2n) is 4.24. The molecule has 1 aromatic carbocycles. The molecule has 3 nitrogen and oxygen atoms in total. The van der Waals surface area contributed by atoms with E-state index in [2.05, 4.69) is 16.7 Å². The minimum atomic E-state index is -0.302. The maximum Gasteiger partial charge on any atom is 0.165 e. The van der Waals surface area contributed by atoms with Gasteiger partial charge in [0.2, 0.25) is 0 Å². The molecule has 0 aromatic heterocycles. The van der Waals surface area contributed by atoms with Gasteiger partial charge >= 0.3 is 0 Å². The Kier molecular flexibility index (Phi) is 3.84. The maximum atomic E-state index is 13.3. The lowest BCUT2D eigenvalue weighted by Gasteiger charge is -2.35. The number of rotatable bonds is 3.